The van der Waals surface area contributed by atoms with E-state index in [-0.39, 0.29) is 6.73 Å². The first-order chi connectivity index (χ1) is 9.76. The number of nitrogens with one attached hydrogen (secondary N) is 1. The van der Waals surface area contributed by atoms with E-state index in [2.05, 4.69) is 22.4 Å². The Bertz CT molecular complexity index is 390. The maximum atomic E-state index is 11.5. The minimum atomic E-state index is -2.09. The van der Waals surface area contributed by atoms with Gasteiger partial charge in [-0.2, -0.15) is 4.98 Å². The molecule has 0 radical (unpaired) electrons. The van der Waals surface area contributed by atoms with E-state index in [1.807, 2.05) is 0 Å². The number of rotatable bonds is 12. The van der Waals surface area contributed by atoms with Crippen molar-refractivity contribution in [3.05, 3.63) is 11.7 Å². The van der Waals surface area contributed by atoms with Gasteiger partial charge in [0.2, 0.25) is 13.1 Å². The molecule has 0 aliphatic carbocycles. The van der Waals surface area contributed by atoms with Crippen molar-refractivity contribution in [2.75, 3.05) is 13.8 Å². The van der Waals surface area contributed by atoms with Gasteiger partial charge in [0.25, 0.3) is 0 Å². The van der Waals surface area contributed by atoms with Gasteiger partial charge in [0, 0.05) is 6.42 Å². The number of aryl methyl sites for hydroxylation is 1. The summed E-state index contributed by atoms with van der Waals surface area (Å²) in [6, 6.07) is 0. The van der Waals surface area contributed by atoms with E-state index >= 15 is 0 Å². The molecule has 0 amide bonds. The maximum absolute atomic E-state index is 11.5. The summed E-state index contributed by atoms with van der Waals surface area (Å²) in [5, 5.41) is 6.71. The molecule has 8 heteroatoms. The topological polar surface area (TPSA) is 77.2 Å². The summed E-state index contributed by atoms with van der Waals surface area (Å²) < 4.78 is 21.6. The minimum absolute atomic E-state index is 0.289. The molecule has 6 nitrogen and oxygen atoms in total. The zero-order chi connectivity index (χ0) is 14.6. The molecule has 0 bridgehead atoms. The summed E-state index contributed by atoms with van der Waals surface area (Å²) in [7, 11) is -0.350. The van der Waals surface area contributed by atoms with Crippen LogP contribution in [0.2, 0.25) is 0 Å². The van der Waals surface area contributed by atoms with Gasteiger partial charge >= 0.3 is 0 Å². The van der Waals surface area contributed by atoms with Crippen LogP contribution in [-0.4, -0.2) is 23.9 Å². The first-order valence-corrected chi connectivity index (χ1v) is 10.0. The van der Waals surface area contributed by atoms with Gasteiger partial charge in [-0.25, -0.2) is 0 Å². The predicted molar refractivity (Wildman–Crippen MR) is 82.1 cm³/mol. The Hall–Kier alpha value is -0.360. The fraction of sp³-hybridized carbons (Fsp3) is 0.833. The number of hydrogen-bond acceptors (Lipinski definition) is 7. The van der Waals surface area contributed by atoms with Gasteiger partial charge in [-0.05, 0) is 13.5 Å². The molecule has 0 fully saturated rings. The normalized spacial score (nSPS) is 12.7. The van der Waals surface area contributed by atoms with Crippen LogP contribution >= 0.6 is 18.6 Å². The SMILES string of the molecule is CCCCCCCc1noc(CS[PH](=O)OCNC)n1. The van der Waals surface area contributed by atoms with Crippen LogP contribution in [0.4, 0.5) is 0 Å². The Balaban J connectivity index is 2.17. The van der Waals surface area contributed by atoms with Crippen molar-refractivity contribution in [2.45, 2.75) is 51.2 Å². The largest absolute Gasteiger partial charge is 0.338 e. The van der Waals surface area contributed by atoms with Crippen molar-refractivity contribution in [1.29, 1.82) is 0 Å². The first kappa shape index (κ1) is 17.7. The van der Waals surface area contributed by atoms with Crippen molar-refractivity contribution in [1.82, 2.24) is 15.5 Å². The lowest BCUT2D eigenvalue weighted by molar-refractivity contribution is 0.317. The molecule has 1 heterocycles. The number of nitrogens with zero attached hydrogens (tertiary/aromatic N) is 2. The highest BCUT2D eigenvalue weighted by atomic mass is 32.7. The monoisotopic (exact) mass is 321 g/mol. The molecule has 1 aromatic heterocycles. The van der Waals surface area contributed by atoms with E-state index in [0.717, 1.165) is 18.7 Å². The molecular weight excluding hydrogens is 297 g/mol. The molecule has 0 saturated heterocycles. The fourth-order valence-electron chi connectivity index (χ4n) is 1.63. The number of aromatic nitrogens is 2. The highest BCUT2D eigenvalue weighted by Crippen LogP contribution is 2.40. The summed E-state index contributed by atoms with van der Waals surface area (Å²) in [6.07, 6.45) is 6.95. The van der Waals surface area contributed by atoms with E-state index in [1.165, 1.54) is 37.1 Å². The smallest absolute Gasteiger partial charge is 0.248 e. The molecule has 0 spiro atoms. The average Bonchev–Trinajstić information content (AvgIpc) is 2.90. The lowest BCUT2D eigenvalue weighted by atomic mass is 10.1. The van der Waals surface area contributed by atoms with Crippen LogP contribution in [-0.2, 0) is 21.3 Å². The molecule has 116 valence electrons. The second-order valence-electron chi connectivity index (χ2n) is 4.45. The van der Waals surface area contributed by atoms with E-state index in [4.69, 9.17) is 9.05 Å². The summed E-state index contributed by atoms with van der Waals surface area (Å²) >= 11 is 1.21. The van der Waals surface area contributed by atoms with Crippen LogP contribution in [0.15, 0.2) is 4.52 Å². The number of hydrogen-bond donors (Lipinski definition) is 1. The van der Waals surface area contributed by atoms with Gasteiger partial charge in [0.15, 0.2) is 5.82 Å². The zero-order valence-electron chi connectivity index (χ0n) is 12.2. The third-order valence-corrected chi connectivity index (χ3v) is 5.16. The van der Waals surface area contributed by atoms with E-state index in [9.17, 15) is 4.57 Å². The van der Waals surface area contributed by atoms with Crippen LogP contribution in [0.25, 0.3) is 0 Å². The highest BCUT2D eigenvalue weighted by Gasteiger charge is 2.08. The van der Waals surface area contributed by atoms with Crippen molar-refractivity contribution < 1.29 is 13.6 Å². The van der Waals surface area contributed by atoms with Gasteiger partial charge in [0.1, 0.15) is 6.73 Å². The standard InChI is InChI=1S/C12H24N3O3PS/c1-3-4-5-6-7-8-11-14-12(18-15-11)9-20-19(16)17-10-13-2/h13,19H,3-10H2,1-2H3. The third kappa shape index (κ3) is 8.04. The number of unbranched alkanes of at least 4 members (excludes halogenated alkanes) is 4. The molecule has 1 aromatic rings. The zero-order valence-corrected chi connectivity index (χ0v) is 14.0. The first-order valence-electron chi connectivity index (χ1n) is 7.02. The molecule has 1 unspecified atom stereocenters. The molecule has 0 aromatic carbocycles. The molecule has 1 N–H and O–H groups in total. The second kappa shape index (κ2) is 11.3. The summed E-state index contributed by atoms with van der Waals surface area (Å²) in [6.45, 7) is 2.49. The lowest BCUT2D eigenvalue weighted by Crippen LogP contribution is -2.07. The van der Waals surface area contributed by atoms with Gasteiger partial charge in [-0.1, -0.05) is 49.1 Å². The highest BCUT2D eigenvalue weighted by molar-refractivity contribution is 8.49. The molecule has 0 aliphatic rings. The minimum Gasteiger partial charge on any atom is -0.338 e. The van der Waals surface area contributed by atoms with E-state index in [1.54, 1.807) is 7.05 Å². The Labute approximate surface area is 125 Å². The van der Waals surface area contributed by atoms with Crippen LogP contribution < -0.4 is 5.32 Å². The molecule has 1 rings (SSSR count). The fourth-order valence-corrected chi connectivity index (χ4v) is 3.49. The summed E-state index contributed by atoms with van der Waals surface area (Å²) in [4.78, 5) is 4.29. The van der Waals surface area contributed by atoms with Crippen molar-refractivity contribution >= 4 is 18.6 Å². The van der Waals surface area contributed by atoms with Gasteiger partial charge < -0.3 is 9.05 Å². The summed E-state index contributed by atoms with van der Waals surface area (Å²) in [5.74, 6) is 1.70. The van der Waals surface area contributed by atoms with Crippen molar-refractivity contribution in [3.63, 3.8) is 0 Å². The van der Waals surface area contributed by atoms with E-state index < -0.39 is 7.23 Å². The van der Waals surface area contributed by atoms with Gasteiger partial charge in [-0.15, -0.1) is 0 Å². The quantitative estimate of drug-likeness (QED) is 0.359. The summed E-state index contributed by atoms with van der Waals surface area (Å²) in [5.41, 5.74) is 0. The van der Waals surface area contributed by atoms with E-state index in [0.29, 0.717) is 11.6 Å². The van der Waals surface area contributed by atoms with Gasteiger partial charge in [0.05, 0.1) is 5.75 Å². The molecule has 0 aliphatic heterocycles. The average molecular weight is 321 g/mol. The Morgan fingerprint density at radius 3 is 2.90 bits per heavy atom. The second-order valence-corrected chi connectivity index (χ2v) is 7.68. The van der Waals surface area contributed by atoms with Crippen LogP contribution in [0.1, 0.15) is 50.7 Å². The van der Waals surface area contributed by atoms with Crippen LogP contribution in [0.3, 0.4) is 0 Å². The Morgan fingerprint density at radius 1 is 1.35 bits per heavy atom. The molecular formula is C12H24N3O3PS. The van der Waals surface area contributed by atoms with Crippen LogP contribution in [0, 0.1) is 0 Å². The van der Waals surface area contributed by atoms with Gasteiger partial charge in [-0.3, -0.25) is 9.88 Å². The Morgan fingerprint density at radius 2 is 2.15 bits per heavy atom. The predicted octanol–water partition coefficient (Wildman–Crippen LogP) is 3.40. The van der Waals surface area contributed by atoms with Crippen molar-refractivity contribution in [3.8, 4) is 0 Å². The Kier molecular flexibility index (Phi) is 10.0. The molecule has 0 saturated carbocycles. The molecule has 20 heavy (non-hydrogen) atoms. The third-order valence-electron chi connectivity index (χ3n) is 2.66. The maximum Gasteiger partial charge on any atom is 0.248 e. The van der Waals surface area contributed by atoms with Crippen molar-refractivity contribution in [2.24, 2.45) is 0 Å². The lowest BCUT2D eigenvalue weighted by Gasteiger charge is -2.00. The molecule has 1 atom stereocenters. The van der Waals surface area contributed by atoms with Crippen LogP contribution in [0.5, 0.6) is 0 Å².